The Morgan fingerprint density at radius 2 is 1.67 bits per heavy atom. The van der Waals surface area contributed by atoms with Crippen molar-refractivity contribution in [2.45, 2.75) is 24.9 Å². The van der Waals surface area contributed by atoms with E-state index in [1.54, 1.807) is 23.1 Å². The van der Waals surface area contributed by atoms with Crippen LogP contribution < -0.4 is 9.64 Å². The molecule has 3 aromatic carbocycles. The highest BCUT2D eigenvalue weighted by atomic mass is 35.5. The van der Waals surface area contributed by atoms with Crippen molar-refractivity contribution in [3.63, 3.8) is 0 Å². The zero-order valence-corrected chi connectivity index (χ0v) is 25.3. The number of piperazine rings is 1. The van der Waals surface area contributed by atoms with Crippen molar-refractivity contribution in [1.82, 2.24) is 19.7 Å². The highest BCUT2D eigenvalue weighted by molar-refractivity contribution is 6.35. The first-order valence-electron chi connectivity index (χ1n) is 14.0. The summed E-state index contributed by atoms with van der Waals surface area (Å²) in [6.07, 6.45) is 3.82. The van der Waals surface area contributed by atoms with Crippen molar-refractivity contribution in [1.29, 1.82) is 0 Å². The minimum atomic E-state index is -1.13. The summed E-state index contributed by atoms with van der Waals surface area (Å²) in [7, 11) is 0. The van der Waals surface area contributed by atoms with E-state index in [1.807, 2.05) is 30.3 Å². The smallest absolute Gasteiger partial charge is 0.217 e. The fourth-order valence-corrected chi connectivity index (χ4v) is 6.07. The van der Waals surface area contributed by atoms with Gasteiger partial charge in [-0.25, -0.2) is 9.67 Å². The maximum atomic E-state index is 6.56. The molecule has 8 nitrogen and oxygen atoms in total. The molecular formula is C31H32Cl3N5O3. The molecule has 0 bridgehead atoms. The highest BCUT2D eigenvalue weighted by Gasteiger charge is 2.45. The molecule has 2 atom stereocenters. The Morgan fingerprint density at radius 1 is 0.905 bits per heavy atom. The van der Waals surface area contributed by atoms with Gasteiger partial charge in [0.2, 0.25) is 5.79 Å². The number of benzene rings is 3. The van der Waals surface area contributed by atoms with E-state index in [-0.39, 0.29) is 12.6 Å². The standard InChI is InChI=1S/C31H32Cl3N5O3/c32-24-3-1-23(2-4-24)11-12-37-13-15-38(16-14-37)26-6-8-27(9-7-26)40-18-28-19-41-31(42-28,20-39-22-35-21-36-39)29-10-5-25(33)17-30(29)34/h1-10,17,21-22,28H,11-16,18-20H2. The van der Waals surface area contributed by atoms with E-state index in [4.69, 9.17) is 49.0 Å². The molecule has 1 aromatic heterocycles. The first kappa shape index (κ1) is 29.2. The molecule has 4 aromatic rings. The molecule has 2 fully saturated rings. The van der Waals surface area contributed by atoms with Crippen molar-refractivity contribution in [2.24, 2.45) is 0 Å². The fourth-order valence-electron chi connectivity index (χ4n) is 5.39. The molecule has 0 saturated carbocycles. The second kappa shape index (κ2) is 13.2. The quantitative estimate of drug-likeness (QED) is 0.215. The number of ether oxygens (including phenoxy) is 3. The van der Waals surface area contributed by atoms with E-state index in [0.717, 1.165) is 49.9 Å². The molecule has 3 heterocycles. The summed E-state index contributed by atoms with van der Waals surface area (Å²) in [4.78, 5) is 8.98. The van der Waals surface area contributed by atoms with Crippen molar-refractivity contribution in [3.8, 4) is 5.75 Å². The molecular weight excluding hydrogens is 597 g/mol. The number of hydrogen-bond acceptors (Lipinski definition) is 7. The second-order valence-electron chi connectivity index (χ2n) is 10.5. The minimum absolute atomic E-state index is 0.286. The van der Waals surface area contributed by atoms with Gasteiger partial charge in [-0.05, 0) is 60.5 Å². The molecule has 0 radical (unpaired) electrons. The largest absolute Gasteiger partial charge is 0.491 e. The first-order valence-corrected chi connectivity index (χ1v) is 15.1. The molecule has 2 unspecified atom stereocenters. The molecule has 0 aliphatic carbocycles. The van der Waals surface area contributed by atoms with E-state index in [0.29, 0.717) is 28.8 Å². The fraction of sp³-hybridized carbons (Fsp3) is 0.355. The van der Waals surface area contributed by atoms with Crippen LogP contribution in [-0.4, -0.2) is 71.7 Å². The lowest BCUT2D eigenvalue weighted by atomic mass is 10.1. The van der Waals surface area contributed by atoms with Crippen LogP contribution in [0.3, 0.4) is 0 Å². The van der Waals surface area contributed by atoms with Crippen molar-refractivity contribution < 1.29 is 14.2 Å². The van der Waals surface area contributed by atoms with Gasteiger partial charge in [0.15, 0.2) is 0 Å². The minimum Gasteiger partial charge on any atom is -0.491 e. The van der Waals surface area contributed by atoms with E-state index >= 15 is 0 Å². The summed E-state index contributed by atoms with van der Waals surface area (Å²) in [6, 6.07) is 21.7. The lowest BCUT2D eigenvalue weighted by molar-refractivity contribution is -0.190. The first-order chi connectivity index (χ1) is 20.5. The van der Waals surface area contributed by atoms with Crippen LogP contribution >= 0.6 is 34.8 Å². The summed E-state index contributed by atoms with van der Waals surface area (Å²) >= 11 is 18.7. The van der Waals surface area contributed by atoms with Gasteiger partial charge < -0.3 is 19.1 Å². The second-order valence-corrected chi connectivity index (χ2v) is 11.8. The highest BCUT2D eigenvalue weighted by Crippen LogP contribution is 2.40. The Bertz CT molecular complexity index is 1450. The Labute approximate surface area is 260 Å². The van der Waals surface area contributed by atoms with Crippen LogP contribution in [-0.2, 0) is 28.2 Å². The predicted molar refractivity (Wildman–Crippen MR) is 165 cm³/mol. The number of nitrogens with zero attached hydrogens (tertiary/aromatic N) is 5. The monoisotopic (exact) mass is 627 g/mol. The van der Waals surface area contributed by atoms with Gasteiger partial charge in [0.1, 0.15) is 37.7 Å². The third-order valence-electron chi connectivity index (χ3n) is 7.68. The molecule has 0 N–H and O–H groups in total. The summed E-state index contributed by atoms with van der Waals surface area (Å²) in [6.45, 7) is 6.08. The Morgan fingerprint density at radius 3 is 2.38 bits per heavy atom. The summed E-state index contributed by atoms with van der Waals surface area (Å²) in [5, 5.41) is 6.01. The van der Waals surface area contributed by atoms with E-state index in [2.05, 4.69) is 44.1 Å². The number of hydrogen-bond donors (Lipinski definition) is 0. The average molecular weight is 629 g/mol. The van der Waals surface area contributed by atoms with Gasteiger partial charge in [-0.15, -0.1) is 0 Å². The summed E-state index contributed by atoms with van der Waals surface area (Å²) in [5.74, 6) is -0.355. The molecule has 42 heavy (non-hydrogen) atoms. The lowest BCUT2D eigenvalue weighted by Gasteiger charge is -2.36. The number of rotatable bonds is 10. The van der Waals surface area contributed by atoms with Crippen LogP contribution in [0, 0.1) is 0 Å². The zero-order valence-electron chi connectivity index (χ0n) is 23.0. The van der Waals surface area contributed by atoms with Crippen LogP contribution in [0.5, 0.6) is 5.75 Å². The molecule has 2 saturated heterocycles. The molecule has 6 rings (SSSR count). The predicted octanol–water partition coefficient (Wildman–Crippen LogP) is 5.95. The molecule has 0 amide bonds. The summed E-state index contributed by atoms with van der Waals surface area (Å²) in [5.41, 5.74) is 3.20. The topological polar surface area (TPSA) is 64.9 Å². The van der Waals surface area contributed by atoms with Gasteiger partial charge >= 0.3 is 0 Å². The van der Waals surface area contributed by atoms with Gasteiger partial charge in [0.05, 0.1) is 11.6 Å². The van der Waals surface area contributed by atoms with Crippen molar-refractivity contribution in [3.05, 3.63) is 106 Å². The van der Waals surface area contributed by atoms with Crippen LogP contribution in [0.15, 0.2) is 79.4 Å². The van der Waals surface area contributed by atoms with Crippen LogP contribution in [0.4, 0.5) is 5.69 Å². The Hall–Kier alpha value is -2.85. The maximum absolute atomic E-state index is 6.56. The van der Waals surface area contributed by atoms with Gasteiger partial charge in [-0.1, -0.05) is 53.0 Å². The molecule has 11 heteroatoms. The summed E-state index contributed by atoms with van der Waals surface area (Å²) < 4.78 is 20.5. The number of halogens is 3. The zero-order chi connectivity index (χ0) is 28.9. The van der Waals surface area contributed by atoms with Gasteiger partial charge in [0, 0.05) is 54.0 Å². The van der Waals surface area contributed by atoms with Crippen molar-refractivity contribution in [2.75, 3.05) is 50.8 Å². The lowest BCUT2D eigenvalue weighted by Crippen LogP contribution is -2.46. The molecule has 0 spiro atoms. The van der Waals surface area contributed by atoms with Gasteiger partial charge in [-0.2, -0.15) is 5.10 Å². The molecule has 2 aliphatic heterocycles. The molecule has 220 valence electrons. The molecule has 2 aliphatic rings. The van der Waals surface area contributed by atoms with E-state index in [1.165, 1.54) is 17.6 Å². The van der Waals surface area contributed by atoms with Crippen LogP contribution in [0.1, 0.15) is 11.1 Å². The number of anilines is 1. The van der Waals surface area contributed by atoms with E-state index < -0.39 is 5.79 Å². The van der Waals surface area contributed by atoms with Gasteiger partial charge in [-0.3, -0.25) is 4.90 Å². The maximum Gasteiger partial charge on any atom is 0.217 e. The van der Waals surface area contributed by atoms with Crippen LogP contribution in [0.2, 0.25) is 15.1 Å². The third kappa shape index (κ3) is 7.02. The normalized spacial score (nSPS) is 21.1. The average Bonchev–Trinajstić information content (AvgIpc) is 3.67. The Kier molecular flexibility index (Phi) is 9.19. The van der Waals surface area contributed by atoms with Crippen molar-refractivity contribution >= 4 is 40.5 Å². The SMILES string of the molecule is Clc1ccc(CCN2CCN(c3ccc(OCC4COC(Cn5cncn5)(c5ccc(Cl)cc5Cl)O4)cc3)CC2)cc1. The third-order valence-corrected chi connectivity index (χ3v) is 8.48. The van der Waals surface area contributed by atoms with E-state index in [9.17, 15) is 0 Å². The van der Waals surface area contributed by atoms with Gasteiger partial charge in [0.25, 0.3) is 0 Å². The number of aromatic nitrogens is 3. The van der Waals surface area contributed by atoms with Crippen LogP contribution in [0.25, 0.3) is 0 Å². The Balaban J connectivity index is 1.01.